The van der Waals surface area contributed by atoms with Crippen LogP contribution in [0.4, 0.5) is 4.79 Å². The Kier molecular flexibility index (Phi) is 13.2. The summed E-state index contributed by atoms with van der Waals surface area (Å²) in [7, 11) is 0.117. The molecule has 1 unspecified atom stereocenters. The van der Waals surface area contributed by atoms with Gasteiger partial charge < -0.3 is 5.11 Å². The molecule has 0 aliphatic heterocycles. The van der Waals surface area contributed by atoms with E-state index in [-0.39, 0.29) is 25.6 Å². The van der Waals surface area contributed by atoms with Crippen LogP contribution in [0.25, 0.3) is 0 Å². The van der Waals surface area contributed by atoms with Crippen molar-refractivity contribution in [1.29, 1.82) is 0 Å². The molecular formula is C7H16BrO2P. The molecule has 0 saturated carbocycles. The first-order valence-electron chi connectivity index (χ1n) is 3.74. The van der Waals surface area contributed by atoms with Crippen LogP contribution in [0.5, 0.6) is 0 Å². The second kappa shape index (κ2) is 10.4. The Hall–Kier alpha value is 0.380. The minimum atomic E-state index is -0.642. The van der Waals surface area contributed by atoms with Crippen molar-refractivity contribution in [3.05, 3.63) is 0 Å². The lowest BCUT2D eigenvalue weighted by Gasteiger charge is -1.95. The topological polar surface area (TPSA) is 37.3 Å². The van der Waals surface area contributed by atoms with Gasteiger partial charge in [0.15, 0.2) is 0 Å². The Labute approximate surface area is 80.3 Å². The van der Waals surface area contributed by atoms with Crippen LogP contribution in [0.3, 0.4) is 0 Å². The number of carboxylic acid groups (broad SMARTS) is 1. The molecule has 0 saturated heterocycles. The second-order valence-corrected chi connectivity index (χ2v) is 3.57. The van der Waals surface area contributed by atoms with Crippen molar-refractivity contribution in [2.45, 2.75) is 32.6 Å². The quantitative estimate of drug-likeness (QED) is 0.572. The van der Waals surface area contributed by atoms with Crippen molar-refractivity contribution in [3.8, 4) is 0 Å². The fourth-order valence-electron chi connectivity index (χ4n) is 0.747. The minimum Gasteiger partial charge on any atom is -0.478 e. The summed E-state index contributed by atoms with van der Waals surface area (Å²) in [5.74, 6) is 0. The maximum atomic E-state index is 10.0. The number of halogens is 1. The van der Waals surface area contributed by atoms with Gasteiger partial charge in [-0.2, -0.15) is 0 Å². The van der Waals surface area contributed by atoms with E-state index < -0.39 is 5.71 Å². The lowest BCUT2D eigenvalue weighted by Crippen LogP contribution is -1.84. The minimum absolute atomic E-state index is 0. The number of carbonyl (C=O) groups is 1. The second-order valence-electron chi connectivity index (χ2n) is 2.29. The highest BCUT2D eigenvalue weighted by Crippen LogP contribution is 2.13. The molecular weight excluding hydrogens is 227 g/mol. The third-order valence-electron chi connectivity index (χ3n) is 1.31. The average Bonchev–Trinajstić information content (AvgIpc) is 1.87. The fraction of sp³-hybridized carbons (Fsp3) is 0.857. The summed E-state index contributed by atoms with van der Waals surface area (Å²) in [5, 5.41) is 8.28. The molecule has 0 aromatic carbocycles. The van der Waals surface area contributed by atoms with Crippen molar-refractivity contribution >= 4 is 31.3 Å². The normalized spacial score (nSPS) is 9.91. The summed E-state index contributed by atoms with van der Waals surface area (Å²) in [6.07, 6.45) is 5.60. The van der Waals surface area contributed by atoms with Crippen LogP contribution in [-0.4, -0.2) is 17.0 Å². The summed E-state index contributed by atoms with van der Waals surface area (Å²) in [5.41, 5.74) is -0.642. The van der Waals surface area contributed by atoms with Gasteiger partial charge in [0.25, 0.3) is 0 Å². The van der Waals surface area contributed by atoms with Crippen molar-refractivity contribution in [3.63, 3.8) is 0 Å². The molecule has 4 heteroatoms. The lowest BCUT2D eigenvalue weighted by atomic mass is 10.2. The van der Waals surface area contributed by atoms with Crippen LogP contribution in [0.2, 0.25) is 0 Å². The van der Waals surface area contributed by atoms with Crippen molar-refractivity contribution in [2.75, 3.05) is 6.16 Å². The van der Waals surface area contributed by atoms with Gasteiger partial charge in [0.2, 0.25) is 0 Å². The van der Waals surface area contributed by atoms with Gasteiger partial charge >= 0.3 is 5.71 Å². The van der Waals surface area contributed by atoms with E-state index >= 15 is 0 Å². The van der Waals surface area contributed by atoms with Gasteiger partial charge in [-0.25, -0.2) is 4.79 Å². The van der Waals surface area contributed by atoms with E-state index in [0.717, 1.165) is 12.6 Å². The largest absolute Gasteiger partial charge is 0.478 e. The first-order chi connectivity index (χ1) is 4.77. The number of unbranched alkanes of at least 4 members (excludes halogenated alkanes) is 3. The summed E-state index contributed by atoms with van der Waals surface area (Å²) < 4.78 is 0. The van der Waals surface area contributed by atoms with Gasteiger partial charge in [0.05, 0.1) is 0 Å². The summed E-state index contributed by atoms with van der Waals surface area (Å²) in [6, 6.07) is 0. The van der Waals surface area contributed by atoms with Crippen LogP contribution in [0.15, 0.2) is 0 Å². The molecule has 0 aromatic heterocycles. The fourth-order valence-corrected chi connectivity index (χ4v) is 1.39. The van der Waals surface area contributed by atoms with E-state index in [1.807, 2.05) is 0 Å². The highest BCUT2D eigenvalue weighted by atomic mass is 79.9. The molecule has 1 N–H and O–H groups in total. The summed E-state index contributed by atoms with van der Waals surface area (Å²) in [6.45, 7) is 2.15. The molecule has 68 valence electrons. The average molecular weight is 243 g/mol. The van der Waals surface area contributed by atoms with Crippen LogP contribution >= 0.6 is 25.6 Å². The van der Waals surface area contributed by atoms with Crippen LogP contribution < -0.4 is 0 Å². The predicted octanol–water partition coefficient (Wildman–Crippen LogP) is 3.50. The number of rotatable bonds is 6. The third kappa shape index (κ3) is 13.4. The van der Waals surface area contributed by atoms with E-state index in [1.165, 1.54) is 19.3 Å². The van der Waals surface area contributed by atoms with Crippen molar-refractivity contribution in [2.24, 2.45) is 0 Å². The maximum absolute atomic E-state index is 10.0. The molecule has 11 heavy (non-hydrogen) atoms. The highest BCUT2D eigenvalue weighted by Gasteiger charge is 1.94. The van der Waals surface area contributed by atoms with Gasteiger partial charge in [0, 0.05) is 0 Å². The van der Waals surface area contributed by atoms with E-state index in [4.69, 9.17) is 5.11 Å². The molecule has 1 atom stereocenters. The van der Waals surface area contributed by atoms with Gasteiger partial charge in [-0.15, -0.1) is 17.0 Å². The number of hydrogen-bond donors (Lipinski definition) is 1. The molecule has 0 radical (unpaired) electrons. The Bertz CT molecular complexity index is 98.4. The zero-order valence-corrected chi connectivity index (χ0v) is 9.51. The lowest BCUT2D eigenvalue weighted by molar-refractivity contribution is 0.221. The van der Waals surface area contributed by atoms with Crippen LogP contribution in [-0.2, 0) is 0 Å². The van der Waals surface area contributed by atoms with E-state index in [2.05, 4.69) is 6.92 Å². The Morgan fingerprint density at radius 2 is 2.00 bits per heavy atom. The standard InChI is InChI=1S/C7H15O2P.BrH/c1-2-3-4-5-6-10-7(8)9;/h10H,2-6H2,1H3,(H,8,9);1H. The first kappa shape index (κ1) is 13.9. The van der Waals surface area contributed by atoms with Gasteiger partial charge in [0.1, 0.15) is 0 Å². The molecule has 0 aliphatic rings. The maximum Gasteiger partial charge on any atom is 0.320 e. The monoisotopic (exact) mass is 242 g/mol. The molecule has 0 aromatic rings. The Morgan fingerprint density at radius 1 is 1.36 bits per heavy atom. The molecule has 0 spiro atoms. The van der Waals surface area contributed by atoms with E-state index in [1.54, 1.807) is 0 Å². The Balaban J connectivity index is 0. The molecule has 0 aliphatic carbocycles. The first-order valence-corrected chi connectivity index (χ1v) is 4.95. The SMILES string of the molecule is Br.CCCCCCPC(=O)O. The van der Waals surface area contributed by atoms with Crippen molar-refractivity contribution in [1.82, 2.24) is 0 Å². The van der Waals surface area contributed by atoms with E-state index in [9.17, 15) is 4.79 Å². The van der Waals surface area contributed by atoms with Gasteiger partial charge in [-0.3, -0.25) is 0 Å². The molecule has 0 rings (SSSR count). The number of hydrogen-bond acceptors (Lipinski definition) is 1. The molecule has 2 nitrogen and oxygen atoms in total. The molecule has 0 fully saturated rings. The summed E-state index contributed by atoms with van der Waals surface area (Å²) >= 11 is 0. The van der Waals surface area contributed by atoms with Gasteiger partial charge in [-0.1, -0.05) is 26.2 Å². The highest BCUT2D eigenvalue weighted by molar-refractivity contribution is 8.93. The molecule has 0 amide bonds. The zero-order valence-electron chi connectivity index (χ0n) is 6.80. The van der Waals surface area contributed by atoms with Crippen LogP contribution in [0, 0.1) is 0 Å². The predicted molar refractivity (Wildman–Crippen MR) is 55.7 cm³/mol. The summed E-state index contributed by atoms with van der Waals surface area (Å²) in [4.78, 5) is 10.0. The molecule has 0 heterocycles. The third-order valence-corrected chi connectivity index (χ3v) is 2.21. The zero-order chi connectivity index (χ0) is 7.82. The Morgan fingerprint density at radius 3 is 2.45 bits per heavy atom. The smallest absolute Gasteiger partial charge is 0.320 e. The van der Waals surface area contributed by atoms with Crippen molar-refractivity contribution < 1.29 is 9.90 Å². The molecule has 0 bridgehead atoms. The van der Waals surface area contributed by atoms with E-state index in [0.29, 0.717) is 0 Å². The van der Waals surface area contributed by atoms with Crippen LogP contribution in [0.1, 0.15) is 32.6 Å². The van der Waals surface area contributed by atoms with Gasteiger partial charge in [-0.05, 0) is 21.2 Å².